The van der Waals surface area contributed by atoms with Crippen molar-refractivity contribution in [2.45, 2.75) is 46.0 Å². The fourth-order valence-corrected chi connectivity index (χ4v) is 2.84. The zero-order valence-electron chi connectivity index (χ0n) is 10.8. The molecule has 0 saturated heterocycles. The van der Waals surface area contributed by atoms with Crippen molar-refractivity contribution >= 4 is 13.3 Å². The predicted octanol–water partition coefficient (Wildman–Crippen LogP) is 4.21. The molecule has 0 aliphatic heterocycles. The quantitative estimate of drug-likeness (QED) is 0.512. The van der Waals surface area contributed by atoms with Crippen molar-refractivity contribution in [2.24, 2.45) is 0 Å². The number of unbranched alkanes of at least 4 members (excludes halogenated alkanes) is 3. The molecule has 0 heterocycles. The first-order valence-electron chi connectivity index (χ1n) is 6.47. The van der Waals surface area contributed by atoms with Crippen LogP contribution in [0.5, 0.6) is 0 Å². The van der Waals surface area contributed by atoms with E-state index in [9.17, 15) is 4.57 Å². The lowest BCUT2D eigenvalue weighted by molar-refractivity contribution is 0.322. The van der Waals surface area contributed by atoms with Crippen LogP contribution in [0.2, 0.25) is 0 Å². The summed E-state index contributed by atoms with van der Waals surface area (Å²) in [6.07, 6.45) is 5.51. The largest absolute Gasteiger partial charge is 0.548 e. The lowest BCUT2D eigenvalue weighted by Crippen LogP contribution is -2.05. The molecule has 0 spiro atoms. The molecule has 0 aromatic heterocycles. The van der Waals surface area contributed by atoms with E-state index in [0.29, 0.717) is 6.61 Å². The van der Waals surface area contributed by atoms with Gasteiger partial charge in [0.15, 0.2) is 0 Å². The molecule has 0 amide bonds. The second-order valence-electron chi connectivity index (χ2n) is 4.13. The van der Waals surface area contributed by atoms with E-state index in [2.05, 4.69) is 13.8 Å². The minimum Gasteiger partial charge on any atom is -0.142 e. The number of hydrogen-bond acceptors (Lipinski definition) is 2. The molecule has 17 heavy (non-hydrogen) atoms. The highest BCUT2D eigenvalue weighted by Gasteiger charge is 2.24. The summed E-state index contributed by atoms with van der Waals surface area (Å²) in [7, 11) is -1.67. The van der Waals surface area contributed by atoms with Gasteiger partial charge in [0, 0.05) is 5.56 Å². The first kappa shape index (κ1) is 14.3. The zero-order valence-corrected chi connectivity index (χ0v) is 11.7. The van der Waals surface area contributed by atoms with Gasteiger partial charge in [-0.3, -0.25) is 0 Å². The van der Waals surface area contributed by atoms with Gasteiger partial charge in [0.1, 0.15) is 6.61 Å². The molecule has 0 radical (unpaired) electrons. The van der Waals surface area contributed by atoms with E-state index >= 15 is 0 Å². The fourth-order valence-electron chi connectivity index (χ4n) is 1.73. The molecule has 1 aromatic carbocycles. The van der Waals surface area contributed by atoms with Crippen LogP contribution in [0.25, 0.3) is 0 Å². The van der Waals surface area contributed by atoms with E-state index in [1.54, 1.807) is 0 Å². The lowest BCUT2D eigenvalue weighted by atomic mass is 10.2. The Bertz CT molecular complexity index is 350. The lowest BCUT2D eigenvalue weighted by Gasteiger charge is -1.97. The van der Waals surface area contributed by atoms with E-state index in [0.717, 1.165) is 30.1 Å². The average Bonchev–Trinajstić information content (AvgIpc) is 2.38. The molecule has 0 saturated carbocycles. The van der Waals surface area contributed by atoms with Crippen LogP contribution in [0.4, 0.5) is 0 Å². The molecule has 1 atom stereocenters. The van der Waals surface area contributed by atoms with Gasteiger partial charge in [-0.05, 0) is 23.5 Å². The zero-order chi connectivity index (χ0) is 12.5. The average molecular weight is 253 g/mol. The molecule has 1 unspecified atom stereocenters. The molecular formula is C14H22O2P+. The van der Waals surface area contributed by atoms with Crippen LogP contribution < -0.4 is 5.30 Å². The normalized spacial score (nSPS) is 11.5. The van der Waals surface area contributed by atoms with E-state index in [1.165, 1.54) is 12.8 Å². The van der Waals surface area contributed by atoms with Gasteiger partial charge in [-0.2, -0.15) is 0 Å². The van der Waals surface area contributed by atoms with Crippen molar-refractivity contribution in [1.29, 1.82) is 0 Å². The Morgan fingerprint density at radius 3 is 2.59 bits per heavy atom. The van der Waals surface area contributed by atoms with Gasteiger partial charge in [0.2, 0.25) is 5.30 Å². The Labute approximate surface area is 105 Å². The Balaban J connectivity index is 2.41. The van der Waals surface area contributed by atoms with Gasteiger partial charge in [-0.1, -0.05) is 51.3 Å². The van der Waals surface area contributed by atoms with Crippen molar-refractivity contribution in [3.63, 3.8) is 0 Å². The third-order valence-electron chi connectivity index (χ3n) is 2.78. The van der Waals surface area contributed by atoms with Crippen LogP contribution in [-0.4, -0.2) is 6.61 Å². The van der Waals surface area contributed by atoms with E-state index in [4.69, 9.17) is 4.52 Å². The van der Waals surface area contributed by atoms with Gasteiger partial charge in [-0.15, -0.1) is 4.52 Å². The molecule has 0 aliphatic carbocycles. The molecule has 1 aromatic rings. The Hall–Kier alpha value is -0.720. The monoisotopic (exact) mass is 253 g/mol. The molecule has 1 rings (SSSR count). The maximum absolute atomic E-state index is 12.0. The van der Waals surface area contributed by atoms with Crippen molar-refractivity contribution in [3.05, 3.63) is 29.8 Å². The standard InChI is InChI=1S/C14H22O2P/c1-3-5-6-9-12-16-17(15)14-11-8-7-10-13(14)4-2/h7-8,10-11H,3-6,9,12H2,1-2H3/q+1. The van der Waals surface area contributed by atoms with Crippen LogP contribution in [0, 0.1) is 0 Å². The van der Waals surface area contributed by atoms with Gasteiger partial charge in [0.05, 0.1) is 0 Å². The summed E-state index contributed by atoms with van der Waals surface area (Å²) < 4.78 is 17.4. The molecule has 0 bridgehead atoms. The number of aryl methyl sites for hydroxylation is 1. The highest BCUT2D eigenvalue weighted by Crippen LogP contribution is 2.24. The van der Waals surface area contributed by atoms with E-state index in [-0.39, 0.29) is 0 Å². The topological polar surface area (TPSA) is 26.3 Å². The Kier molecular flexibility index (Phi) is 7.07. The van der Waals surface area contributed by atoms with Gasteiger partial charge in [0.25, 0.3) is 0 Å². The number of hydrogen-bond donors (Lipinski definition) is 0. The van der Waals surface area contributed by atoms with Crippen molar-refractivity contribution in [3.8, 4) is 0 Å². The van der Waals surface area contributed by atoms with E-state index in [1.807, 2.05) is 24.3 Å². The van der Waals surface area contributed by atoms with E-state index < -0.39 is 8.03 Å². The van der Waals surface area contributed by atoms with Crippen LogP contribution in [0.15, 0.2) is 24.3 Å². The summed E-state index contributed by atoms with van der Waals surface area (Å²) in [5.74, 6) is 0. The summed E-state index contributed by atoms with van der Waals surface area (Å²) in [4.78, 5) is 0. The second-order valence-corrected chi connectivity index (χ2v) is 5.39. The summed E-state index contributed by atoms with van der Waals surface area (Å²) in [5, 5.41) is 0.862. The first-order valence-corrected chi connectivity index (χ1v) is 7.65. The predicted molar refractivity (Wildman–Crippen MR) is 73.2 cm³/mol. The van der Waals surface area contributed by atoms with Gasteiger partial charge >= 0.3 is 8.03 Å². The highest BCUT2D eigenvalue weighted by molar-refractivity contribution is 7.48. The molecule has 3 heteroatoms. The Morgan fingerprint density at radius 2 is 1.88 bits per heavy atom. The Morgan fingerprint density at radius 1 is 1.12 bits per heavy atom. The molecule has 2 nitrogen and oxygen atoms in total. The minimum atomic E-state index is -1.67. The van der Waals surface area contributed by atoms with Crippen molar-refractivity contribution < 1.29 is 9.09 Å². The van der Waals surface area contributed by atoms with Crippen LogP contribution in [-0.2, 0) is 15.5 Å². The second kappa shape index (κ2) is 8.38. The first-order chi connectivity index (χ1) is 8.29. The molecular weight excluding hydrogens is 231 g/mol. The third kappa shape index (κ3) is 4.97. The van der Waals surface area contributed by atoms with Crippen LogP contribution in [0.3, 0.4) is 0 Å². The van der Waals surface area contributed by atoms with Gasteiger partial charge in [-0.25, -0.2) is 0 Å². The maximum Gasteiger partial charge on any atom is 0.548 e. The minimum absolute atomic E-state index is 0.604. The summed E-state index contributed by atoms with van der Waals surface area (Å²) in [5.41, 5.74) is 1.13. The molecule has 94 valence electrons. The van der Waals surface area contributed by atoms with Gasteiger partial charge < -0.3 is 0 Å². The van der Waals surface area contributed by atoms with Crippen molar-refractivity contribution in [2.75, 3.05) is 6.61 Å². The molecule has 0 fully saturated rings. The molecule has 0 aliphatic rings. The fraction of sp³-hybridized carbons (Fsp3) is 0.571. The maximum atomic E-state index is 12.0. The number of benzene rings is 1. The third-order valence-corrected chi connectivity index (χ3v) is 4.02. The highest BCUT2D eigenvalue weighted by atomic mass is 31.1. The van der Waals surface area contributed by atoms with Crippen molar-refractivity contribution in [1.82, 2.24) is 0 Å². The SMILES string of the molecule is CCCCCCO[P+](=O)c1ccccc1CC. The number of rotatable bonds is 8. The molecule has 0 N–H and O–H groups in total. The summed E-state index contributed by atoms with van der Waals surface area (Å²) >= 11 is 0. The summed E-state index contributed by atoms with van der Waals surface area (Å²) in [6.45, 7) is 4.86. The smallest absolute Gasteiger partial charge is 0.142 e. The van der Waals surface area contributed by atoms with Crippen LogP contribution in [0.1, 0.15) is 45.1 Å². The van der Waals surface area contributed by atoms with Crippen LogP contribution >= 0.6 is 8.03 Å². The summed E-state index contributed by atoms with van der Waals surface area (Å²) in [6, 6.07) is 7.82.